The number of carbonyl (C=O) groups excluding carboxylic acids is 2. The quantitative estimate of drug-likeness (QED) is 0.470. The van der Waals surface area contributed by atoms with Gasteiger partial charge in [0.2, 0.25) is 11.8 Å². The van der Waals surface area contributed by atoms with E-state index in [-0.39, 0.29) is 36.4 Å². The van der Waals surface area contributed by atoms with E-state index in [1.54, 1.807) is 37.4 Å². The third-order valence-electron chi connectivity index (χ3n) is 6.13. The van der Waals surface area contributed by atoms with Gasteiger partial charge in [0, 0.05) is 6.04 Å². The maximum Gasteiger partial charge on any atom is 0.247 e. The molecule has 1 fully saturated rings. The van der Waals surface area contributed by atoms with Crippen LogP contribution in [-0.4, -0.2) is 41.8 Å². The van der Waals surface area contributed by atoms with Crippen LogP contribution in [0.1, 0.15) is 63.8 Å². The minimum absolute atomic E-state index is 0.0409. The lowest BCUT2D eigenvalue weighted by atomic mass is 9.87. The van der Waals surface area contributed by atoms with E-state index in [0.717, 1.165) is 25.7 Å². The number of nitrogens with zero attached hydrogens (tertiary/aromatic N) is 1. The number of hydrogen-bond acceptors (Lipinski definition) is 5. The standard InChI is InChI=1S/C26H35ClN2O5/c1-17(2)34-22-12-9-19(14-23(22)32-4)25(26(31)28-20-10-7-18(3)8-11-20)29(24(30)15-27)16-21-6-5-13-33-21/h5-6,9,12-14,17-18,20,25H,7-8,10-11,15-16H2,1-4H3,(H,28,31). The van der Waals surface area contributed by atoms with Crippen molar-refractivity contribution < 1.29 is 23.5 Å². The Kier molecular flexibility index (Phi) is 9.28. The van der Waals surface area contributed by atoms with Crippen molar-refractivity contribution in [1.82, 2.24) is 10.2 Å². The Morgan fingerprint density at radius 2 is 1.91 bits per heavy atom. The highest BCUT2D eigenvalue weighted by Gasteiger charge is 2.34. The summed E-state index contributed by atoms with van der Waals surface area (Å²) in [6.07, 6.45) is 5.49. The number of furan rings is 1. The van der Waals surface area contributed by atoms with E-state index < -0.39 is 6.04 Å². The molecule has 1 aromatic heterocycles. The van der Waals surface area contributed by atoms with Gasteiger partial charge in [-0.25, -0.2) is 0 Å². The fourth-order valence-corrected chi connectivity index (χ4v) is 4.49. The molecule has 1 saturated carbocycles. The zero-order chi connectivity index (χ0) is 24.7. The number of amides is 2. The number of nitrogens with one attached hydrogen (secondary N) is 1. The normalized spacial score (nSPS) is 18.9. The Morgan fingerprint density at radius 1 is 1.18 bits per heavy atom. The van der Waals surface area contributed by atoms with Gasteiger partial charge in [-0.05, 0) is 75.3 Å². The van der Waals surface area contributed by atoms with E-state index in [4.69, 9.17) is 25.5 Å². The van der Waals surface area contributed by atoms with Crippen LogP contribution >= 0.6 is 11.6 Å². The van der Waals surface area contributed by atoms with Gasteiger partial charge < -0.3 is 24.1 Å². The van der Waals surface area contributed by atoms with E-state index in [9.17, 15) is 9.59 Å². The van der Waals surface area contributed by atoms with Crippen molar-refractivity contribution in [3.05, 3.63) is 47.9 Å². The van der Waals surface area contributed by atoms with Crippen LogP contribution in [0.4, 0.5) is 0 Å². The number of halogens is 1. The van der Waals surface area contributed by atoms with Gasteiger partial charge in [0.25, 0.3) is 0 Å². The van der Waals surface area contributed by atoms with Gasteiger partial charge in [-0.1, -0.05) is 13.0 Å². The molecular formula is C26H35ClN2O5. The topological polar surface area (TPSA) is 81.0 Å². The Labute approximate surface area is 206 Å². The van der Waals surface area contributed by atoms with Gasteiger partial charge >= 0.3 is 0 Å². The molecule has 0 bridgehead atoms. The summed E-state index contributed by atoms with van der Waals surface area (Å²) in [5.74, 6) is 1.43. The first kappa shape index (κ1) is 25.9. The van der Waals surface area contributed by atoms with Crippen molar-refractivity contribution in [2.45, 2.75) is 71.2 Å². The lowest BCUT2D eigenvalue weighted by molar-refractivity contribution is -0.140. The maximum absolute atomic E-state index is 13.7. The van der Waals surface area contributed by atoms with Gasteiger partial charge in [0.05, 0.1) is 26.0 Å². The second kappa shape index (κ2) is 12.2. The van der Waals surface area contributed by atoms with Gasteiger partial charge in [-0.15, -0.1) is 11.6 Å². The largest absolute Gasteiger partial charge is 0.493 e. The lowest BCUT2D eigenvalue weighted by Crippen LogP contribution is -2.47. The average Bonchev–Trinajstić information content (AvgIpc) is 3.33. The molecule has 0 spiro atoms. The minimum Gasteiger partial charge on any atom is -0.493 e. The molecule has 0 radical (unpaired) electrons. The van der Waals surface area contributed by atoms with Crippen LogP contribution in [0.2, 0.25) is 0 Å². The van der Waals surface area contributed by atoms with Crippen molar-refractivity contribution in [2.24, 2.45) is 5.92 Å². The molecular weight excluding hydrogens is 456 g/mol. The number of hydrogen-bond donors (Lipinski definition) is 1. The molecule has 3 rings (SSSR count). The predicted octanol–water partition coefficient (Wildman–Crippen LogP) is 5.08. The highest BCUT2D eigenvalue weighted by atomic mass is 35.5. The van der Waals surface area contributed by atoms with Crippen molar-refractivity contribution in [2.75, 3.05) is 13.0 Å². The lowest BCUT2D eigenvalue weighted by Gasteiger charge is -2.33. The second-order valence-corrected chi connectivity index (χ2v) is 9.45. The van der Waals surface area contributed by atoms with Gasteiger partial charge in [-0.2, -0.15) is 0 Å². The monoisotopic (exact) mass is 490 g/mol. The first-order valence-corrected chi connectivity index (χ1v) is 12.4. The number of rotatable bonds is 10. The summed E-state index contributed by atoms with van der Waals surface area (Å²) >= 11 is 5.97. The molecule has 1 N–H and O–H groups in total. The molecule has 34 heavy (non-hydrogen) atoms. The zero-order valence-corrected chi connectivity index (χ0v) is 21.1. The Morgan fingerprint density at radius 3 is 2.50 bits per heavy atom. The molecule has 0 saturated heterocycles. The van der Waals surface area contributed by atoms with Crippen molar-refractivity contribution in [3.63, 3.8) is 0 Å². The molecule has 1 aliphatic carbocycles. The Hall–Kier alpha value is -2.67. The van der Waals surface area contributed by atoms with Gasteiger partial charge in [0.1, 0.15) is 17.7 Å². The average molecular weight is 491 g/mol. The molecule has 1 heterocycles. The molecule has 2 amide bonds. The molecule has 7 nitrogen and oxygen atoms in total. The van der Waals surface area contributed by atoms with Crippen LogP contribution < -0.4 is 14.8 Å². The van der Waals surface area contributed by atoms with Crippen molar-refractivity contribution >= 4 is 23.4 Å². The van der Waals surface area contributed by atoms with Crippen LogP contribution in [0.25, 0.3) is 0 Å². The molecule has 1 aliphatic rings. The first-order chi connectivity index (χ1) is 16.3. The fourth-order valence-electron chi connectivity index (χ4n) is 4.33. The summed E-state index contributed by atoms with van der Waals surface area (Å²) in [5, 5.41) is 3.18. The summed E-state index contributed by atoms with van der Waals surface area (Å²) in [7, 11) is 1.55. The summed E-state index contributed by atoms with van der Waals surface area (Å²) in [5.41, 5.74) is 0.611. The molecule has 1 aromatic carbocycles. The number of carbonyl (C=O) groups is 2. The Bertz CT molecular complexity index is 939. The summed E-state index contributed by atoms with van der Waals surface area (Å²) in [6, 6.07) is 8.01. The highest BCUT2D eigenvalue weighted by molar-refractivity contribution is 6.27. The zero-order valence-electron chi connectivity index (χ0n) is 20.4. The van der Waals surface area contributed by atoms with E-state index in [2.05, 4.69) is 12.2 Å². The van der Waals surface area contributed by atoms with Gasteiger partial charge in [0.15, 0.2) is 11.5 Å². The summed E-state index contributed by atoms with van der Waals surface area (Å²) < 4.78 is 16.9. The van der Waals surface area contributed by atoms with Crippen molar-refractivity contribution in [3.8, 4) is 11.5 Å². The number of ether oxygens (including phenoxy) is 2. The second-order valence-electron chi connectivity index (χ2n) is 9.18. The van der Waals surface area contributed by atoms with Crippen LogP contribution in [0.15, 0.2) is 41.0 Å². The fraction of sp³-hybridized carbons (Fsp3) is 0.538. The SMILES string of the molecule is COc1cc(C(C(=O)NC2CCC(C)CC2)N(Cc2ccco2)C(=O)CCl)ccc1OC(C)C. The summed E-state index contributed by atoms with van der Waals surface area (Å²) in [6.45, 7) is 6.21. The smallest absolute Gasteiger partial charge is 0.247 e. The van der Waals surface area contributed by atoms with Crippen LogP contribution in [0, 0.1) is 5.92 Å². The third kappa shape index (κ3) is 6.69. The van der Waals surface area contributed by atoms with E-state index in [0.29, 0.717) is 28.7 Å². The van der Waals surface area contributed by atoms with Crippen molar-refractivity contribution in [1.29, 1.82) is 0 Å². The number of alkyl halides is 1. The third-order valence-corrected chi connectivity index (χ3v) is 6.36. The van der Waals surface area contributed by atoms with E-state index in [1.807, 2.05) is 13.8 Å². The summed E-state index contributed by atoms with van der Waals surface area (Å²) in [4.78, 5) is 28.1. The van der Waals surface area contributed by atoms with Crippen LogP contribution in [0.3, 0.4) is 0 Å². The highest BCUT2D eigenvalue weighted by Crippen LogP contribution is 2.34. The molecule has 1 atom stereocenters. The van der Waals surface area contributed by atoms with Gasteiger partial charge in [-0.3, -0.25) is 9.59 Å². The molecule has 186 valence electrons. The van der Waals surface area contributed by atoms with Crippen LogP contribution in [-0.2, 0) is 16.1 Å². The Balaban J connectivity index is 1.97. The number of benzene rings is 1. The minimum atomic E-state index is -0.905. The van der Waals surface area contributed by atoms with E-state index >= 15 is 0 Å². The molecule has 1 unspecified atom stereocenters. The first-order valence-electron chi connectivity index (χ1n) is 11.8. The molecule has 2 aromatic rings. The molecule has 8 heteroatoms. The number of methoxy groups -OCH3 is 1. The molecule has 0 aliphatic heterocycles. The van der Waals surface area contributed by atoms with E-state index in [1.165, 1.54) is 11.2 Å². The van der Waals surface area contributed by atoms with Crippen LogP contribution in [0.5, 0.6) is 11.5 Å². The predicted molar refractivity (Wildman–Crippen MR) is 131 cm³/mol. The maximum atomic E-state index is 13.7.